The highest BCUT2D eigenvalue weighted by Gasteiger charge is 2.21. The van der Waals surface area contributed by atoms with E-state index in [9.17, 15) is 4.79 Å². The first-order valence-corrected chi connectivity index (χ1v) is 11.0. The normalized spacial score (nSPS) is 13.8. The molecule has 4 heteroatoms. The highest BCUT2D eigenvalue weighted by atomic mass is 16.7. The number of amides is 1. The van der Waals surface area contributed by atoms with Crippen LogP contribution in [0.25, 0.3) is 0 Å². The number of rotatable bonds is 18. The van der Waals surface area contributed by atoms with Gasteiger partial charge in [-0.25, -0.2) is 4.79 Å². The molecule has 1 heterocycles. The molecule has 0 aliphatic carbocycles. The lowest BCUT2D eigenvalue weighted by Crippen LogP contribution is -2.27. The number of nitrogens with one attached hydrogen (secondary N) is 1. The van der Waals surface area contributed by atoms with Crippen molar-refractivity contribution in [2.24, 2.45) is 0 Å². The fourth-order valence-electron chi connectivity index (χ4n) is 3.15. The standard InChI is InChI=1S/C21H42N2O2/c1-2-3-4-5-6-7-8-9-10-11-12-13-14-15-16-17-18-22-21(24)25-23-19-20-23/h2-20H2,1H3,(H,22,24). The summed E-state index contributed by atoms with van der Waals surface area (Å²) in [6, 6.07) is 0. The van der Waals surface area contributed by atoms with Gasteiger partial charge in [-0.1, -0.05) is 103 Å². The molecule has 1 fully saturated rings. The summed E-state index contributed by atoms with van der Waals surface area (Å²) in [5.74, 6) is 0. The first-order valence-electron chi connectivity index (χ1n) is 11.0. The van der Waals surface area contributed by atoms with Crippen LogP contribution in [0.2, 0.25) is 0 Å². The average Bonchev–Trinajstić information content (AvgIpc) is 3.41. The quantitative estimate of drug-likeness (QED) is 0.235. The molecule has 1 saturated heterocycles. The summed E-state index contributed by atoms with van der Waals surface area (Å²) < 4.78 is 0. The second-order valence-electron chi connectivity index (χ2n) is 7.54. The minimum absolute atomic E-state index is 0.293. The lowest BCUT2D eigenvalue weighted by Gasteiger charge is -2.06. The van der Waals surface area contributed by atoms with Crippen molar-refractivity contribution >= 4 is 6.09 Å². The maximum atomic E-state index is 11.3. The molecule has 0 saturated carbocycles. The second kappa shape index (κ2) is 16.7. The fourth-order valence-corrected chi connectivity index (χ4v) is 3.15. The molecule has 25 heavy (non-hydrogen) atoms. The number of nitrogens with zero attached hydrogens (tertiary/aromatic N) is 1. The van der Waals surface area contributed by atoms with E-state index in [1.807, 2.05) is 0 Å². The third kappa shape index (κ3) is 16.4. The molecule has 148 valence electrons. The monoisotopic (exact) mass is 354 g/mol. The minimum atomic E-state index is -0.293. The Hall–Kier alpha value is -0.770. The number of carbonyl (C=O) groups excluding carboxylic acids is 1. The summed E-state index contributed by atoms with van der Waals surface area (Å²) in [7, 11) is 0. The lowest BCUT2D eigenvalue weighted by molar-refractivity contribution is 0.00157. The van der Waals surface area contributed by atoms with Crippen LogP contribution in [0.5, 0.6) is 0 Å². The molecule has 0 atom stereocenters. The van der Waals surface area contributed by atoms with Crippen LogP contribution in [-0.2, 0) is 4.84 Å². The van der Waals surface area contributed by atoms with Crippen molar-refractivity contribution in [2.75, 3.05) is 19.6 Å². The molecule has 1 amide bonds. The van der Waals surface area contributed by atoms with Crippen molar-refractivity contribution in [1.82, 2.24) is 10.4 Å². The summed E-state index contributed by atoms with van der Waals surface area (Å²) in [6.45, 7) is 4.79. The van der Waals surface area contributed by atoms with Crippen LogP contribution in [0.1, 0.15) is 110 Å². The average molecular weight is 355 g/mol. The summed E-state index contributed by atoms with van der Waals surface area (Å²) >= 11 is 0. The van der Waals surface area contributed by atoms with Crippen LogP contribution in [0.15, 0.2) is 0 Å². The number of unbranched alkanes of at least 4 members (excludes halogenated alkanes) is 15. The smallest absolute Gasteiger partial charge is 0.351 e. The van der Waals surface area contributed by atoms with Gasteiger partial charge in [0, 0.05) is 6.54 Å². The zero-order valence-electron chi connectivity index (χ0n) is 16.7. The predicted molar refractivity (Wildman–Crippen MR) is 106 cm³/mol. The first-order chi connectivity index (χ1) is 12.3. The molecule has 1 aliphatic rings. The van der Waals surface area contributed by atoms with Crippen LogP contribution >= 0.6 is 0 Å². The van der Waals surface area contributed by atoms with Gasteiger partial charge in [0.15, 0.2) is 0 Å². The van der Waals surface area contributed by atoms with Crippen molar-refractivity contribution in [3.05, 3.63) is 0 Å². The number of carbonyl (C=O) groups is 1. The van der Waals surface area contributed by atoms with Gasteiger partial charge in [0.2, 0.25) is 0 Å². The van der Waals surface area contributed by atoms with Gasteiger partial charge in [-0.05, 0) is 6.42 Å². The molecule has 0 aromatic rings. The molecule has 0 spiro atoms. The third-order valence-corrected chi connectivity index (χ3v) is 4.92. The SMILES string of the molecule is CCCCCCCCCCCCCCCCCCNC(=O)ON1CC1. The topological polar surface area (TPSA) is 41.3 Å². The Labute approximate surface area is 156 Å². The van der Waals surface area contributed by atoms with E-state index in [1.165, 1.54) is 96.3 Å². The Morgan fingerprint density at radius 3 is 1.52 bits per heavy atom. The van der Waals surface area contributed by atoms with Crippen molar-refractivity contribution < 1.29 is 9.63 Å². The zero-order chi connectivity index (χ0) is 18.0. The van der Waals surface area contributed by atoms with Gasteiger partial charge >= 0.3 is 6.09 Å². The summed E-state index contributed by atoms with van der Waals surface area (Å²) in [5.41, 5.74) is 0. The first kappa shape index (κ1) is 22.3. The van der Waals surface area contributed by atoms with Crippen LogP contribution < -0.4 is 5.32 Å². The Morgan fingerprint density at radius 2 is 1.12 bits per heavy atom. The Morgan fingerprint density at radius 1 is 0.720 bits per heavy atom. The van der Waals surface area contributed by atoms with E-state index in [2.05, 4.69) is 12.2 Å². The van der Waals surface area contributed by atoms with Gasteiger partial charge in [0.25, 0.3) is 0 Å². The zero-order valence-corrected chi connectivity index (χ0v) is 16.7. The number of hydroxylamine groups is 2. The van der Waals surface area contributed by atoms with E-state index in [0.717, 1.165) is 26.1 Å². The molecule has 0 aromatic heterocycles. The van der Waals surface area contributed by atoms with E-state index in [-0.39, 0.29) is 6.09 Å². The van der Waals surface area contributed by atoms with E-state index >= 15 is 0 Å². The van der Waals surface area contributed by atoms with E-state index in [0.29, 0.717) is 0 Å². The minimum Gasteiger partial charge on any atom is -0.351 e. The van der Waals surface area contributed by atoms with Gasteiger partial charge in [0.05, 0.1) is 13.1 Å². The van der Waals surface area contributed by atoms with Crippen LogP contribution in [0.4, 0.5) is 4.79 Å². The molecule has 0 unspecified atom stereocenters. The molecule has 1 aliphatic heterocycles. The van der Waals surface area contributed by atoms with Gasteiger partial charge in [-0.15, -0.1) is 5.06 Å². The van der Waals surface area contributed by atoms with E-state index in [4.69, 9.17) is 4.84 Å². The molecule has 0 aromatic carbocycles. The lowest BCUT2D eigenvalue weighted by atomic mass is 10.0. The van der Waals surface area contributed by atoms with Gasteiger partial charge < -0.3 is 10.2 Å². The van der Waals surface area contributed by atoms with Gasteiger partial charge in [-0.2, -0.15) is 0 Å². The van der Waals surface area contributed by atoms with Crippen LogP contribution in [0.3, 0.4) is 0 Å². The Bertz CT molecular complexity index is 306. The summed E-state index contributed by atoms with van der Waals surface area (Å²) in [5, 5.41) is 4.46. The Kier molecular flexibility index (Phi) is 14.9. The van der Waals surface area contributed by atoms with E-state index < -0.39 is 0 Å². The highest BCUT2D eigenvalue weighted by molar-refractivity contribution is 5.66. The molecular weight excluding hydrogens is 312 g/mol. The molecule has 0 radical (unpaired) electrons. The maximum absolute atomic E-state index is 11.3. The predicted octanol–water partition coefficient (Wildman–Crippen LogP) is 6.20. The number of hydrogen-bond donors (Lipinski definition) is 1. The molecule has 1 N–H and O–H groups in total. The molecular formula is C21H42N2O2. The highest BCUT2D eigenvalue weighted by Crippen LogP contribution is 2.13. The third-order valence-electron chi connectivity index (χ3n) is 4.92. The van der Waals surface area contributed by atoms with Crippen molar-refractivity contribution in [3.8, 4) is 0 Å². The van der Waals surface area contributed by atoms with Crippen LogP contribution in [-0.4, -0.2) is 30.8 Å². The van der Waals surface area contributed by atoms with Gasteiger partial charge in [0.1, 0.15) is 0 Å². The molecule has 0 bridgehead atoms. The summed E-state index contributed by atoms with van der Waals surface area (Å²) in [6.07, 6.45) is 21.7. The summed E-state index contributed by atoms with van der Waals surface area (Å²) in [4.78, 5) is 16.3. The largest absolute Gasteiger partial charge is 0.426 e. The van der Waals surface area contributed by atoms with Crippen molar-refractivity contribution in [1.29, 1.82) is 0 Å². The maximum Gasteiger partial charge on any atom is 0.426 e. The number of hydrogen-bond acceptors (Lipinski definition) is 3. The second-order valence-corrected chi connectivity index (χ2v) is 7.54. The van der Waals surface area contributed by atoms with Crippen LogP contribution in [0, 0.1) is 0 Å². The molecule has 4 nitrogen and oxygen atoms in total. The van der Waals surface area contributed by atoms with Gasteiger partial charge in [-0.3, -0.25) is 0 Å². The Balaban J connectivity index is 1.64. The van der Waals surface area contributed by atoms with E-state index in [1.54, 1.807) is 5.06 Å². The van der Waals surface area contributed by atoms with Crippen molar-refractivity contribution in [3.63, 3.8) is 0 Å². The van der Waals surface area contributed by atoms with Crippen molar-refractivity contribution in [2.45, 2.75) is 110 Å². The fraction of sp³-hybridized carbons (Fsp3) is 0.952. The molecule has 1 rings (SSSR count).